The normalized spacial score (nSPS) is 17.2. The summed E-state index contributed by atoms with van der Waals surface area (Å²) in [5.74, 6) is 2.65. The number of hydrogen-bond donors (Lipinski definition) is 2. The standard InChI is InChI=1S/C12H24N2O2S/c1-11-3-6-14(7-4-11)12(16)13-5-10-17-9-2-8-15/h11,15H,2-10H2,1H3,(H,13,16). The number of aliphatic hydroxyl groups is 1. The molecule has 1 saturated heterocycles. The molecule has 0 saturated carbocycles. The van der Waals surface area contributed by atoms with Crippen LogP contribution in [0, 0.1) is 5.92 Å². The molecule has 0 aromatic carbocycles. The van der Waals surface area contributed by atoms with Crippen LogP contribution < -0.4 is 5.32 Å². The van der Waals surface area contributed by atoms with Gasteiger partial charge in [-0.2, -0.15) is 11.8 Å². The zero-order valence-corrected chi connectivity index (χ0v) is 11.5. The number of likely N-dealkylation sites (tertiary alicyclic amines) is 1. The number of carbonyl (C=O) groups excluding carboxylic acids is 1. The molecular formula is C12H24N2O2S. The second-order valence-corrected chi connectivity index (χ2v) is 5.82. The summed E-state index contributed by atoms with van der Waals surface area (Å²) in [7, 11) is 0. The van der Waals surface area contributed by atoms with Crippen LogP contribution >= 0.6 is 11.8 Å². The van der Waals surface area contributed by atoms with Crippen LogP contribution in [0.25, 0.3) is 0 Å². The second-order valence-electron chi connectivity index (χ2n) is 4.59. The number of nitrogens with zero attached hydrogens (tertiary/aromatic N) is 1. The molecule has 5 heteroatoms. The molecule has 1 aliphatic rings. The molecule has 2 amide bonds. The fourth-order valence-electron chi connectivity index (χ4n) is 1.82. The highest BCUT2D eigenvalue weighted by molar-refractivity contribution is 7.99. The molecule has 0 atom stereocenters. The molecule has 100 valence electrons. The van der Waals surface area contributed by atoms with E-state index in [4.69, 9.17) is 5.11 Å². The van der Waals surface area contributed by atoms with Crippen LogP contribution in [0.3, 0.4) is 0 Å². The number of urea groups is 1. The van der Waals surface area contributed by atoms with E-state index in [1.165, 1.54) is 0 Å². The molecule has 1 aliphatic heterocycles. The van der Waals surface area contributed by atoms with E-state index in [1.54, 1.807) is 11.8 Å². The lowest BCUT2D eigenvalue weighted by atomic mass is 10.00. The first-order valence-corrected chi connectivity index (χ1v) is 7.61. The molecule has 0 spiro atoms. The Kier molecular flexibility index (Phi) is 7.44. The number of amides is 2. The van der Waals surface area contributed by atoms with Gasteiger partial charge in [-0.25, -0.2) is 4.79 Å². The Morgan fingerprint density at radius 3 is 2.76 bits per heavy atom. The van der Waals surface area contributed by atoms with Gasteiger partial charge >= 0.3 is 6.03 Å². The van der Waals surface area contributed by atoms with Crippen LogP contribution in [0.4, 0.5) is 4.79 Å². The lowest BCUT2D eigenvalue weighted by molar-refractivity contribution is 0.174. The average Bonchev–Trinajstić information content (AvgIpc) is 2.34. The van der Waals surface area contributed by atoms with Crippen LogP contribution in [0.15, 0.2) is 0 Å². The van der Waals surface area contributed by atoms with Gasteiger partial charge in [-0.15, -0.1) is 0 Å². The first-order valence-electron chi connectivity index (χ1n) is 6.45. The number of aliphatic hydroxyl groups excluding tert-OH is 1. The maximum atomic E-state index is 11.8. The van der Waals surface area contributed by atoms with Crippen molar-refractivity contribution < 1.29 is 9.90 Å². The Balaban J connectivity index is 2.01. The van der Waals surface area contributed by atoms with Crippen LogP contribution in [0.2, 0.25) is 0 Å². The molecule has 2 N–H and O–H groups in total. The quantitative estimate of drug-likeness (QED) is 0.712. The molecule has 0 unspecified atom stereocenters. The smallest absolute Gasteiger partial charge is 0.317 e. The van der Waals surface area contributed by atoms with Crippen molar-refractivity contribution in [3.8, 4) is 0 Å². The van der Waals surface area contributed by atoms with Gasteiger partial charge in [-0.3, -0.25) is 0 Å². The molecule has 0 bridgehead atoms. The third-order valence-corrected chi connectivity index (χ3v) is 4.11. The largest absolute Gasteiger partial charge is 0.396 e. The Bertz CT molecular complexity index is 219. The molecule has 0 radical (unpaired) electrons. The van der Waals surface area contributed by atoms with Crippen molar-refractivity contribution in [3.63, 3.8) is 0 Å². The molecule has 17 heavy (non-hydrogen) atoms. The number of rotatable bonds is 6. The van der Waals surface area contributed by atoms with Crippen molar-refractivity contribution in [1.29, 1.82) is 0 Å². The lowest BCUT2D eigenvalue weighted by Gasteiger charge is -2.30. The van der Waals surface area contributed by atoms with Gasteiger partial charge < -0.3 is 15.3 Å². The van der Waals surface area contributed by atoms with Crippen LogP contribution in [0.5, 0.6) is 0 Å². The van der Waals surface area contributed by atoms with E-state index in [9.17, 15) is 4.79 Å². The van der Waals surface area contributed by atoms with Gasteiger partial charge in [-0.05, 0) is 30.9 Å². The Morgan fingerprint density at radius 2 is 2.12 bits per heavy atom. The fourth-order valence-corrected chi connectivity index (χ4v) is 2.61. The number of nitrogens with one attached hydrogen (secondary N) is 1. The van der Waals surface area contributed by atoms with Gasteiger partial charge in [0, 0.05) is 32.0 Å². The molecular weight excluding hydrogens is 236 g/mol. The summed E-state index contributed by atoms with van der Waals surface area (Å²) >= 11 is 1.77. The van der Waals surface area contributed by atoms with Crippen molar-refractivity contribution in [3.05, 3.63) is 0 Å². The molecule has 4 nitrogen and oxygen atoms in total. The number of carbonyl (C=O) groups is 1. The van der Waals surface area contributed by atoms with E-state index in [0.717, 1.165) is 56.3 Å². The van der Waals surface area contributed by atoms with E-state index in [2.05, 4.69) is 12.2 Å². The van der Waals surface area contributed by atoms with Crippen molar-refractivity contribution in [2.75, 3.05) is 37.7 Å². The van der Waals surface area contributed by atoms with E-state index < -0.39 is 0 Å². The van der Waals surface area contributed by atoms with Crippen LogP contribution in [-0.2, 0) is 0 Å². The van der Waals surface area contributed by atoms with E-state index in [-0.39, 0.29) is 12.6 Å². The minimum absolute atomic E-state index is 0.0830. The van der Waals surface area contributed by atoms with Gasteiger partial charge in [0.25, 0.3) is 0 Å². The van der Waals surface area contributed by atoms with E-state index >= 15 is 0 Å². The first-order chi connectivity index (χ1) is 8.24. The average molecular weight is 260 g/mol. The summed E-state index contributed by atoms with van der Waals surface area (Å²) in [5, 5.41) is 11.6. The Hall–Kier alpha value is -0.420. The molecule has 1 rings (SSSR count). The summed E-state index contributed by atoms with van der Waals surface area (Å²) in [5.41, 5.74) is 0. The summed E-state index contributed by atoms with van der Waals surface area (Å²) in [6.07, 6.45) is 3.08. The van der Waals surface area contributed by atoms with E-state index in [1.807, 2.05) is 4.90 Å². The van der Waals surface area contributed by atoms with Crippen molar-refractivity contribution >= 4 is 17.8 Å². The highest BCUT2D eigenvalue weighted by atomic mass is 32.2. The summed E-state index contributed by atoms with van der Waals surface area (Å²) in [4.78, 5) is 13.7. The van der Waals surface area contributed by atoms with Crippen molar-refractivity contribution in [1.82, 2.24) is 10.2 Å². The summed E-state index contributed by atoms with van der Waals surface area (Å²) in [6, 6.07) is 0.0830. The fraction of sp³-hybridized carbons (Fsp3) is 0.917. The third kappa shape index (κ3) is 6.17. The molecule has 0 aromatic heterocycles. The summed E-state index contributed by atoms with van der Waals surface area (Å²) < 4.78 is 0. The van der Waals surface area contributed by atoms with Gasteiger partial charge in [0.1, 0.15) is 0 Å². The van der Waals surface area contributed by atoms with Crippen molar-refractivity contribution in [2.45, 2.75) is 26.2 Å². The zero-order chi connectivity index (χ0) is 12.5. The maximum Gasteiger partial charge on any atom is 0.317 e. The Morgan fingerprint density at radius 1 is 1.41 bits per heavy atom. The SMILES string of the molecule is CC1CCN(C(=O)NCCSCCCO)CC1. The predicted molar refractivity (Wildman–Crippen MR) is 72.4 cm³/mol. The summed E-state index contributed by atoms with van der Waals surface area (Å²) in [6.45, 7) is 5.01. The zero-order valence-electron chi connectivity index (χ0n) is 10.7. The minimum atomic E-state index is 0.0830. The van der Waals surface area contributed by atoms with Gasteiger partial charge in [0.15, 0.2) is 0 Å². The van der Waals surface area contributed by atoms with Gasteiger partial charge in [-0.1, -0.05) is 6.92 Å². The van der Waals surface area contributed by atoms with Crippen LogP contribution in [0.1, 0.15) is 26.2 Å². The topological polar surface area (TPSA) is 52.6 Å². The van der Waals surface area contributed by atoms with Gasteiger partial charge in [0.05, 0.1) is 0 Å². The lowest BCUT2D eigenvalue weighted by Crippen LogP contribution is -2.44. The highest BCUT2D eigenvalue weighted by Crippen LogP contribution is 2.15. The Labute approximate surface area is 108 Å². The predicted octanol–water partition coefficient (Wildman–Crippen LogP) is 1.54. The van der Waals surface area contributed by atoms with Crippen LogP contribution in [-0.4, -0.2) is 53.8 Å². The van der Waals surface area contributed by atoms with Crippen molar-refractivity contribution in [2.24, 2.45) is 5.92 Å². The first kappa shape index (κ1) is 14.6. The second kappa shape index (κ2) is 8.64. The third-order valence-electron chi connectivity index (χ3n) is 3.04. The number of thioether (sulfide) groups is 1. The van der Waals surface area contributed by atoms with E-state index in [0.29, 0.717) is 0 Å². The molecule has 0 aliphatic carbocycles. The molecule has 1 fully saturated rings. The molecule has 0 aromatic rings. The number of piperidine rings is 1. The van der Waals surface area contributed by atoms with Gasteiger partial charge in [0.2, 0.25) is 0 Å². The highest BCUT2D eigenvalue weighted by Gasteiger charge is 2.19. The monoisotopic (exact) mass is 260 g/mol. The minimum Gasteiger partial charge on any atom is -0.396 e. The molecule has 1 heterocycles. The maximum absolute atomic E-state index is 11.8. The number of hydrogen-bond acceptors (Lipinski definition) is 3.